The molecule has 0 atom stereocenters. The number of carbonyl (C=O) groups is 1. The summed E-state index contributed by atoms with van der Waals surface area (Å²) < 4.78 is 0. The molecule has 0 spiro atoms. The first kappa shape index (κ1) is 14.5. The molecule has 0 unspecified atom stereocenters. The molecule has 1 N–H and O–H groups in total. The van der Waals surface area contributed by atoms with Crippen LogP contribution in [0.3, 0.4) is 0 Å². The van der Waals surface area contributed by atoms with Crippen molar-refractivity contribution in [2.24, 2.45) is 0 Å². The maximum Gasteiger partial charge on any atom is 0.255 e. The summed E-state index contributed by atoms with van der Waals surface area (Å²) in [6.45, 7) is 2.45. The predicted molar refractivity (Wildman–Crippen MR) is 82.2 cm³/mol. The highest BCUT2D eigenvalue weighted by molar-refractivity contribution is 6.30. The number of carbonyl (C=O) groups excluding carboxylic acids is 1. The van der Waals surface area contributed by atoms with Crippen LogP contribution >= 0.6 is 11.6 Å². The number of amides is 1. The topological polar surface area (TPSA) is 82.2 Å². The van der Waals surface area contributed by atoms with Crippen LogP contribution in [0.15, 0.2) is 35.5 Å². The van der Waals surface area contributed by atoms with E-state index in [1.54, 1.807) is 17.3 Å². The standard InChI is InChI=1S/C14H14ClN5O2/c15-11-8-17-14(18-9-11)20-5-3-19(4-6-20)13(22)10-1-2-12(21)16-7-10/h1-2,7-9H,3-6H2,(H,16,21). The summed E-state index contributed by atoms with van der Waals surface area (Å²) in [5.74, 6) is 0.522. The summed E-state index contributed by atoms with van der Waals surface area (Å²) >= 11 is 5.77. The lowest BCUT2D eigenvalue weighted by molar-refractivity contribution is 0.0746. The average Bonchev–Trinajstić information content (AvgIpc) is 2.56. The van der Waals surface area contributed by atoms with Gasteiger partial charge < -0.3 is 14.8 Å². The van der Waals surface area contributed by atoms with E-state index in [4.69, 9.17) is 11.6 Å². The molecule has 114 valence electrons. The van der Waals surface area contributed by atoms with Gasteiger partial charge in [-0.05, 0) is 6.07 Å². The SMILES string of the molecule is O=C(c1ccc(=O)[nH]c1)N1CCN(c2ncc(Cl)cn2)CC1. The molecule has 2 aromatic rings. The molecule has 2 aromatic heterocycles. The van der Waals surface area contributed by atoms with E-state index in [0.717, 1.165) is 0 Å². The van der Waals surface area contributed by atoms with Crippen LogP contribution in [0.25, 0.3) is 0 Å². The van der Waals surface area contributed by atoms with Gasteiger partial charge in [0.1, 0.15) is 0 Å². The quantitative estimate of drug-likeness (QED) is 0.884. The summed E-state index contributed by atoms with van der Waals surface area (Å²) in [5, 5.41) is 0.496. The van der Waals surface area contributed by atoms with Gasteiger partial charge in [0.15, 0.2) is 0 Å². The Bertz CT molecular complexity index is 702. The van der Waals surface area contributed by atoms with Crippen molar-refractivity contribution in [3.63, 3.8) is 0 Å². The van der Waals surface area contributed by atoms with Crippen molar-refractivity contribution in [2.45, 2.75) is 0 Å². The summed E-state index contributed by atoms with van der Waals surface area (Å²) in [6, 6.07) is 2.89. The number of hydrogen-bond acceptors (Lipinski definition) is 5. The monoisotopic (exact) mass is 319 g/mol. The van der Waals surface area contributed by atoms with Crippen LogP contribution in [0.2, 0.25) is 5.02 Å². The van der Waals surface area contributed by atoms with Gasteiger partial charge in [0.05, 0.1) is 23.0 Å². The molecule has 0 bridgehead atoms. The van der Waals surface area contributed by atoms with Gasteiger partial charge in [-0.1, -0.05) is 11.6 Å². The number of pyridine rings is 1. The average molecular weight is 320 g/mol. The molecule has 0 radical (unpaired) electrons. The highest BCUT2D eigenvalue weighted by Gasteiger charge is 2.23. The van der Waals surface area contributed by atoms with E-state index in [1.807, 2.05) is 4.90 Å². The Balaban J connectivity index is 1.64. The number of piperazine rings is 1. The minimum Gasteiger partial charge on any atom is -0.337 e. The van der Waals surface area contributed by atoms with E-state index in [-0.39, 0.29) is 11.5 Å². The Labute approximate surface area is 131 Å². The van der Waals surface area contributed by atoms with Gasteiger partial charge >= 0.3 is 0 Å². The fraction of sp³-hybridized carbons (Fsp3) is 0.286. The number of rotatable bonds is 2. The second-order valence-corrected chi connectivity index (χ2v) is 5.36. The first-order valence-corrected chi connectivity index (χ1v) is 7.22. The zero-order valence-corrected chi connectivity index (χ0v) is 12.5. The number of hydrogen-bond donors (Lipinski definition) is 1. The number of H-pyrrole nitrogens is 1. The number of anilines is 1. The molecule has 0 saturated carbocycles. The summed E-state index contributed by atoms with van der Waals surface area (Å²) in [6.07, 6.45) is 4.56. The van der Waals surface area contributed by atoms with Crippen molar-refractivity contribution >= 4 is 23.5 Å². The first-order valence-electron chi connectivity index (χ1n) is 6.84. The summed E-state index contributed by atoms with van der Waals surface area (Å²) in [4.78, 5) is 38.0. The fourth-order valence-corrected chi connectivity index (χ4v) is 2.40. The maximum atomic E-state index is 12.3. The van der Waals surface area contributed by atoms with Gasteiger partial charge in [-0.25, -0.2) is 9.97 Å². The van der Waals surface area contributed by atoms with Crippen LogP contribution in [-0.2, 0) is 0 Å². The summed E-state index contributed by atoms with van der Waals surface area (Å²) in [7, 11) is 0. The number of nitrogens with one attached hydrogen (secondary N) is 1. The lowest BCUT2D eigenvalue weighted by Crippen LogP contribution is -2.49. The van der Waals surface area contributed by atoms with E-state index in [1.165, 1.54) is 18.3 Å². The largest absolute Gasteiger partial charge is 0.337 e. The van der Waals surface area contributed by atoms with E-state index < -0.39 is 0 Å². The minimum absolute atomic E-state index is 0.0899. The number of nitrogens with zero attached hydrogens (tertiary/aromatic N) is 4. The lowest BCUT2D eigenvalue weighted by atomic mass is 10.2. The smallest absolute Gasteiger partial charge is 0.255 e. The molecule has 8 heteroatoms. The second-order valence-electron chi connectivity index (χ2n) is 4.92. The second kappa shape index (κ2) is 6.15. The number of aromatic amines is 1. The van der Waals surface area contributed by atoms with Crippen molar-refractivity contribution in [3.05, 3.63) is 51.7 Å². The van der Waals surface area contributed by atoms with Crippen LogP contribution in [-0.4, -0.2) is 51.9 Å². The molecular weight excluding hydrogens is 306 g/mol. The van der Waals surface area contributed by atoms with Crippen LogP contribution in [0.1, 0.15) is 10.4 Å². The maximum absolute atomic E-state index is 12.3. The number of aromatic nitrogens is 3. The Kier molecular flexibility index (Phi) is 4.06. The first-order chi connectivity index (χ1) is 10.6. The fourth-order valence-electron chi connectivity index (χ4n) is 2.30. The number of halogens is 1. The molecule has 0 aromatic carbocycles. The third-order valence-electron chi connectivity index (χ3n) is 3.49. The third kappa shape index (κ3) is 3.09. The highest BCUT2D eigenvalue weighted by Crippen LogP contribution is 2.14. The summed E-state index contributed by atoms with van der Waals surface area (Å²) in [5.41, 5.74) is 0.261. The van der Waals surface area contributed by atoms with Crippen molar-refractivity contribution in [1.29, 1.82) is 0 Å². The van der Waals surface area contributed by atoms with Crippen molar-refractivity contribution in [2.75, 3.05) is 31.1 Å². The molecule has 1 fully saturated rings. The lowest BCUT2D eigenvalue weighted by Gasteiger charge is -2.34. The molecule has 7 nitrogen and oxygen atoms in total. The molecule has 1 aliphatic heterocycles. The molecule has 3 heterocycles. The Morgan fingerprint density at radius 2 is 1.82 bits per heavy atom. The van der Waals surface area contributed by atoms with E-state index in [9.17, 15) is 9.59 Å². The minimum atomic E-state index is -0.221. The zero-order chi connectivity index (χ0) is 15.5. The van der Waals surface area contributed by atoms with E-state index in [2.05, 4.69) is 15.0 Å². The normalized spacial score (nSPS) is 15.0. The van der Waals surface area contributed by atoms with Gasteiger partial charge in [0.2, 0.25) is 11.5 Å². The highest BCUT2D eigenvalue weighted by atomic mass is 35.5. The van der Waals surface area contributed by atoms with Crippen molar-refractivity contribution in [3.8, 4) is 0 Å². The van der Waals surface area contributed by atoms with E-state index in [0.29, 0.717) is 42.7 Å². The van der Waals surface area contributed by atoms with Gasteiger partial charge in [-0.2, -0.15) is 0 Å². The molecule has 3 rings (SSSR count). The molecule has 0 aliphatic carbocycles. The zero-order valence-electron chi connectivity index (χ0n) is 11.7. The molecule has 22 heavy (non-hydrogen) atoms. The van der Waals surface area contributed by atoms with Gasteiger partial charge in [-0.3, -0.25) is 9.59 Å². The Morgan fingerprint density at radius 1 is 1.14 bits per heavy atom. The Morgan fingerprint density at radius 3 is 2.41 bits per heavy atom. The molecule has 1 aliphatic rings. The van der Waals surface area contributed by atoms with E-state index >= 15 is 0 Å². The van der Waals surface area contributed by atoms with Crippen LogP contribution in [0, 0.1) is 0 Å². The van der Waals surface area contributed by atoms with Crippen molar-refractivity contribution < 1.29 is 4.79 Å². The molecular formula is C14H14ClN5O2. The third-order valence-corrected chi connectivity index (χ3v) is 3.68. The van der Waals surface area contributed by atoms with Gasteiger partial charge in [0.25, 0.3) is 5.91 Å². The van der Waals surface area contributed by atoms with Crippen LogP contribution in [0.5, 0.6) is 0 Å². The van der Waals surface area contributed by atoms with Gasteiger partial charge in [0, 0.05) is 38.4 Å². The van der Waals surface area contributed by atoms with Gasteiger partial charge in [-0.15, -0.1) is 0 Å². The molecule has 1 amide bonds. The molecule has 1 saturated heterocycles. The van der Waals surface area contributed by atoms with Crippen LogP contribution < -0.4 is 10.5 Å². The van der Waals surface area contributed by atoms with Crippen molar-refractivity contribution in [1.82, 2.24) is 19.9 Å². The van der Waals surface area contributed by atoms with Crippen LogP contribution in [0.4, 0.5) is 5.95 Å². The Hall–Kier alpha value is -2.41. The predicted octanol–water partition coefficient (Wildman–Crippen LogP) is 0.781.